The lowest BCUT2D eigenvalue weighted by atomic mass is 10.0. The Labute approximate surface area is 90.2 Å². The molecule has 0 bridgehead atoms. The first-order valence-electron chi connectivity index (χ1n) is 5.06. The summed E-state index contributed by atoms with van der Waals surface area (Å²) in [6.07, 6.45) is 0.892. The fourth-order valence-electron chi connectivity index (χ4n) is 1.41. The first-order chi connectivity index (χ1) is 7.10. The molecule has 1 rings (SSSR count). The van der Waals surface area contributed by atoms with Gasteiger partial charge in [-0.05, 0) is 31.0 Å². The Morgan fingerprint density at radius 3 is 2.67 bits per heavy atom. The molecule has 0 aromatic heterocycles. The van der Waals surface area contributed by atoms with Crippen molar-refractivity contribution in [1.29, 1.82) is 0 Å². The normalized spacial score (nSPS) is 12.3. The maximum absolute atomic E-state index is 11.8. The second-order valence-electron chi connectivity index (χ2n) is 3.54. The Hall–Kier alpha value is -1.35. The number of nitrogens with two attached hydrogens (primary N) is 1. The van der Waals surface area contributed by atoms with Crippen LogP contribution in [0.15, 0.2) is 18.2 Å². The molecule has 0 heterocycles. The van der Waals surface area contributed by atoms with Gasteiger partial charge in [0, 0.05) is 0 Å². The number of rotatable bonds is 4. The van der Waals surface area contributed by atoms with E-state index in [9.17, 15) is 4.79 Å². The van der Waals surface area contributed by atoms with E-state index < -0.39 is 6.04 Å². The Morgan fingerprint density at radius 2 is 2.20 bits per heavy atom. The Bertz CT molecular complexity index is 359. The van der Waals surface area contributed by atoms with Gasteiger partial charge in [0.05, 0.1) is 18.7 Å². The van der Waals surface area contributed by atoms with E-state index in [4.69, 9.17) is 10.5 Å². The first kappa shape index (κ1) is 11.7. The summed E-state index contributed by atoms with van der Waals surface area (Å²) in [6.45, 7) is 3.72. The van der Waals surface area contributed by atoms with E-state index in [-0.39, 0.29) is 5.78 Å². The van der Waals surface area contributed by atoms with Crippen LogP contribution in [0.5, 0.6) is 5.75 Å². The maximum atomic E-state index is 11.8. The number of carbonyl (C=O) groups is 1. The molecule has 2 N–H and O–H groups in total. The van der Waals surface area contributed by atoms with Gasteiger partial charge in [-0.3, -0.25) is 4.79 Å². The highest BCUT2D eigenvalue weighted by Gasteiger charge is 2.16. The lowest BCUT2D eigenvalue weighted by molar-refractivity contribution is 0.0965. The zero-order chi connectivity index (χ0) is 11.4. The predicted octanol–water partition coefficient (Wildman–Crippen LogP) is 1.79. The molecule has 0 spiro atoms. The van der Waals surface area contributed by atoms with Crippen molar-refractivity contribution in [2.24, 2.45) is 5.73 Å². The lowest BCUT2D eigenvalue weighted by Gasteiger charge is -2.11. The van der Waals surface area contributed by atoms with Gasteiger partial charge in [0.1, 0.15) is 5.75 Å². The molecule has 1 atom stereocenters. The molecule has 0 aliphatic rings. The monoisotopic (exact) mass is 207 g/mol. The summed E-state index contributed by atoms with van der Waals surface area (Å²) in [4.78, 5) is 11.8. The van der Waals surface area contributed by atoms with Crippen molar-refractivity contribution >= 4 is 5.78 Å². The van der Waals surface area contributed by atoms with Gasteiger partial charge in [-0.15, -0.1) is 0 Å². The molecule has 0 aliphatic heterocycles. The van der Waals surface area contributed by atoms with Crippen molar-refractivity contribution in [3.05, 3.63) is 29.3 Å². The highest BCUT2D eigenvalue weighted by Crippen LogP contribution is 2.21. The average Bonchev–Trinajstić information content (AvgIpc) is 2.27. The van der Waals surface area contributed by atoms with Gasteiger partial charge in [-0.1, -0.05) is 13.0 Å². The topological polar surface area (TPSA) is 52.3 Å². The molecule has 0 saturated heterocycles. The summed E-state index contributed by atoms with van der Waals surface area (Å²) in [7, 11) is 1.55. The zero-order valence-corrected chi connectivity index (χ0v) is 9.41. The summed E-state index contributed by atoms with van der Waals surface area (Å²) < 4.78 is 5.14. The molecular weight excluding hydrogens is 190 g/mol. The number of methoxy groups -OCH3 is 1. The van der Waals surface area contributed by atoms with E-state index in [0.29, 0.717) is 11.3 Å². The maximum Gasteiger partial charge on any atom is 0.182 e. The van der Waals surface area contributed by atoms with E-state index in [0.717, 1.165) is 12.0 Å². The quantitative estimate of drug-likeness (QED) is 0.766. The number of ether oxygens (including phenoxy) is 1. The Morgan fingerprint density at radius 1 is 1.53 bits per heavy atom. The minimum absolute atomic E-state index is 0.0813. The number of hydrogen-bond acceptors (Lipinski definition) is 3. The van der Waals surface area contributed by atoms with Gasteiger partial charge < -0.3 is 10.5 Å². The number of aryl methyl sites for hydroxylation is 1. The van der Waals surface area contributed by atoms with Crippen LogP contribution in [0.2, 0.25) is 0 Å². The molecule has 82 valence electrons. The summed E-state index contributed by atoms with van der Waals surface area (Å²) in [6, 6.07) is 5.13. The van der Waals surface area contributed by atoms with Crippen molar-refractivity contribution in [3.8, 4) is 5.75 Å². The van der Waals surface area contributed by atoms with E-state index in [1.54, 1.807) is 14.0 Å². The molecule has 3 heteroatoms. The third kappa shape index (κ3) is 2.57. The first-order valence-corrected chi connectivity index (χ1v) is 5.06. The Balaban J connectivity index is 3.17. The second kappa shape index (κ2) is 4.94. The van der Waals surface area contributed by atoms with Crippen molar-refractivity contribution in [3.63, 3.8) is 0 Å². The molecule has 1 unspecified atom stereocenters. The van der Waals surface area contributed by atoms with Crippen LogP contribution in [0.4, 0.5) is 0 Å². The lowest BCUT2D eigenvalue weighted by Crippen LogP contribution is -2.27. The summed E-state index contributed by atoms with van der Waals surface area (Å²) >= 11 is 0. The molecule has 1 aromatic carbocycles. The predicted molar refractivity (Wildman–Crippen MR) is 60.4 cm³/mol. The minimum Gasteiger partial charge on any atom is -0.496 e. The molecule has 15 heavy (non-hydrogen) atoms. The van der Waals surface area contributed by atoms with E-state index in [1.807, 2.05) is 25.1 Å². The summed E-state index contributed by atoms with van der Waals surface area (Å²) in [5.74, 6) is 0.511. The molecule has 0 fully saturated rings. The molecule has 0 radical (unpaired) electrons. The van der Waals surface area contributed by atoms with Gasteiger partial charge in [0.15, 0.2) is 5.78 Å². The summed E-state index contributed by atoms with van der Waals surface area (Å²) in [5, 5.41) is 0. The molecule has 1 aromatic rings. The fraction of sp³-hybridized carbons (Fsp3) is 0.417. The highest BCUT2D eigenvalue weighted by molar-refractivity contribution is 6.02. The van der Waals surface area contributed by atoms with Gasteiger partial charge in [-0.2, -0.15) is 0 Å². The van der Waals surface area contributed by atoms with Gasteiger partial charge >= 0.3 is 0 Å². The van der Waals surface area contributed by atoms with Gasteiger partial charge in [0.25, 0.3) is 0 Å². The second-order valence-corrected chi connectivity index (χ2v) is 3.54. The number of Topliss-reactive ketones (excluding diaryl/α,β-unsaturated/α-hetero) is 1. The average molecular weight is 207 g/mol. The number of hydrogen-bond donors (Lipinski definition) is 1. The van der Waals surface area contributed by atoms with Crippen molar-refractivity contribution < 1.29 is 9.53 Å². The zero-order valence-electron chi connectivity index (χ0n) is 9.41. The minimum atomic E-state index is -0.494. The molecule has 0 saturated carbocycles. The molecule has 0 aliphatic carbocycles. The van der Waals surface area contributed by atoms with Gasteiger partial charge in [-0.25, -0.2) is 0 Å². The SMILES string of the molecule is CCc1ccc(OC)c(C(=O)C(C)N)c1. The van der Waals surface area contributed by atoms with Crippen molar-refractivity contribution in [2.45, 2.75) is 26.3 Å². The van der Waals surface area contributed by atoms with Crippen LogP contribution in [0.1, 0.15) is 29.8 Å². The van der Waals surface area contributed by atoms with Crippen LogP contribution in [-0.4, -0.2) is 18.9 Å². The van der Waals surface area contributed by atoms with Crippen LogP contribution in [0.25, 0.3) is 0 Å². The van der Waals surface area contributed by atoms with Crippen molar-refractivity contribution in [2.75, 3.05) is 7.11 Å². The smallest absolute Gasteiger partial charge is 0.182 e. The summed E-state index contributed by atoms with van der Waals surface area (Å²) in [5.41, 5.74) is 7.26. The molecule has 0 amide bonds. The van der Waals surface area contributed by atoms with Crippen LogP contribution in [0.3, 0.4) is 0 Å². The van der Waals surface area contributed by atoms with E-state index in [1.165, 1.54) is 0 Å². The van der Waals surface area contributed by atoms with E-state index in [2.05, 4.69) is 0 Å². The largest absolute Gasteiger partial charge is 0.496 e. The highest BCUT2D eigenvalue weighted by atomic mass is 16.5. The third-order valence-electron chi connectivity index (χ3n) is 2.35. The van der Waals surface area contributed by atoms with Crippen LogP contribution in [-0.2, 0) is 6.42 Å². The number of carbonyl (C=O) groups excluding carboxylic acids is 1. The van der Waals surface area contributed by atoms with Gasteiger partial charge in [0.2, 0.25) is 0 Å². The van der Waals surface area contributed by atoms with Crippen LogP contribution < -0.4 is 10.5 Å². The standard InChI is InChI=1S/C12H17NO2/c1-4-9-5-6-11(15-3)10(7-9)12(14)8(2)13/h5-8H,4,13H2,1-3H3. The van der Waals surface area contributed by atoms with E-state index >= 15 is 0 Å². The van der Waals surface area contributed by atoms with Crippen molar-refractivity contribution in [1.82, 2.24) is 0 Å². The van der Waals surface area contributed by atoms with Crippen LogP contribution in [0, 0.1) is 0 Å². The number of ketones is 1. The third-order valence-corrected chi connectivity index (χ3v) is 2.35. The Kier molecular flexibility index (Phi) is 3.86. The number of benzene rings is 1. The van der Waals surface area contributed by atoms with Crippen LogP contribution >= 0.6 is 0 Å². The molecular formula is C12H17NO2. The molecule has 3 nitrogen and oxygen atoms in total. The fourth-order valence-corrected chi connectivity index (χ4v) is 1.41.